The Balaban J connectivity index is 1.77. The van der Waals surface area contributed by atoms with E-state index in [-0.39, 0.29) is 23.6 Å². The van der Waals surface area contributed by atoms with Crippen molar-refractivity contribution < 1.29 is 9.59 Å². The number of rotatable bonds is 6. The van der Waals surface area contributed by atoms with Crippen LogP contribution in [0, 0.1) is 0 Å². The lowest BCUT2D eigenvalue weighted by atomic mass is 10.0. The monoisotopic (exact) mass is 407 g/mol. The van der Waals surface area contributed by atoms with Gasteiger partial charge in [0.05, 0.1) is 0 Å². The van der Waals surface area contributed by atoms with E-state index in [1.165, 1.54) is 4.90 Å². The minimum atomic E-state index is -0.860. The number of nitrogens with zero attached hydrogens (tertiary/aromatic N) is 4. The number of hydrogen-bond donors (Lipinski definition) is 1. The van der Waals surface area contributed by atoms with Crippen molar-refractivity contribution in [3.8, 4) is 0 Å². The zero-order chi connectivity index (χ0) is 20.1. The van der Waals surface area contributed by atoms with E-state index in [2.05, 4.69) is 19.9 Å². The summed E-state index contributed by atoms with van der Waals surface area (Å²) in [4.78, 5) is 32.5. The Labute approximate surface area is 173 Å². The molecule has 1 saturated carbocycles. The van der Waals surface area contributed by atoms with Gasteiger partial charge in [-0.05, 0) is 42.6 Å². The van der Waals surface area contributed by atoms with Crippen LogP contribution in [-0.4, -0.2) is 32.4 Å². The first kappa shape index (κ1) is 19.2. The van der Waals surface area contributed by atoms with Crippen molar-refractivity contribution in [2.24, 2.45) is 0 Å². The molecular formula is C21H21N5O2S. The Morgan fingerprint density at radius 2 is 1.90 bits per heavy atom. The molecule has 2 amide bonds. The SMILES string of the molecule is O=C(NC1CCCC1)[C@H](c1cccnc1)N(C(=O)c1csnn1)c1ccccc1. The zero-order valence-corrected chi connectivity index (χ0v) is 16.6. The van der Waals surface area contributed by atoms with Gasteiger partial charge in [0.25, 0.3) is 5.91 Å². The fraction of sp³-hybridized carbons (Fsp3) is 0.286. The number of carbonyl (C=O) groups excluding carboxylic acids is 2. The highest BCUT2D eigenvalue weighted by Gasteiger charge is 2.35. The average molecular weight is 407 g/mol. The number of nitrogens with one attached hydrogen (secondary N) is 1. The maximum Gasteiger partial charge on any atom is 0.280 e. The molecule has 0 spiro atoms. The van der Waals surface area contributed by atoms with Crippen LogP contribution in [0.5, 0.6) is 0 Å². The molecule has 0 radical (unpaired) electrons. The molecule has 4 rings (SSSR count). The van der Waals surface area contributed by atoms with Crippen molar-refractivity contribution in [2.45, 2.75) is 37.8 Å². The van der Waals surface area contributed by atoms with E-state index in [0.717, 1.165) is 37.2 Å². The van der Waals surface area contributed by atoms with E-state index < -0.39 is 6.04 Å². The largest absolute Gasteiger partial charge is 0.351 e. The number of pyridine rings is 1. The summed E-state index contributed by atoms with van der Waals surface area (Å²) in [6, 6.07) is 12.0. The fourth-order valence-corrected chi connectivity index (χ4v) is 4.09. The number of para-hydroxylation sites is 1. The van der Waals surface area contributed by atoms with E-state index in [4.69, 9.17) is 0 Å². The molecule has 0 bridgehead atoms. The number of amides is 2. The normalized spacial score (nSPS) is 15.0. The standard InChI is InChI=1S/C21H21N5O2S/c27-20(23-16-8-4-5-9-16)19(15-7-6-12-22-13-15)26(17-10-2-1-3-11-17)21(28)18-14-29-25-24-18/h1-3,6-7,10-14,16,19H,4-5,8-9H2,(H,23,27)/t19-/m0/s1. The van der Waals surface area contributed by atoms with Crippen LogP contribution < -0.4 is 10.2 Å². The van der Waals surface area contributed by atoms with Crippen LogP contribution in [0.3, 0.4) is 0 Å². The summed E-state index contributed by atoms with van der Waals surface area (Å²) >= 11 is 1.10. The predicted molar refractivity (Wildman–Crippen MR) is 111 cm³/mol. The highest BCUT2D eigenvalue weighted by Crippen LogP contribution is 2.30. The number of benzene rings is 1. The molecule has 1 N–H and O–H groups in total. The first-order valence-electron chi connectivity index (χ1n) is 9.60. The molecule has 1 aliphatic carbocycles. The Morgan fingerprint density at radius 1 is 1.10 bits per heavy atom. The summed E-state index contributed by atoms with van der Waals surface area (Å²) in [5, 5.41) is 8.66. The van der Waals surface area contributed by atoms with Crippen molar-refractivity contribution >= 4 is 29.0 Å². The number of aromatic nitrogens is 3. The fourth-order valence-electron chi connectivity index (χ4n) is 3.66. The van der Waals surface area contributed by atoms with E-state index in [0.29, 0.717) is 11.3 Å². The molecule has 3 aromatic rings. The van der Waals surface area contributed by atoms with Gasteiger partial charge in [0, 0.05) is 35.1 Å². The van der Waals surface area contributed by atoms with Crippen molar-refractivity contribution in [3.63, 3.8) is 0 Å². The smallest absolute Gasteiger partial charge is 0.280 e. The number of hydrogen-bond acceptors (Lipinski definition) is 6. The van der Waals surface area contributed by atoms with Gasteiger partial charge in [0.2, 0.25) is 5.91 Å². The Bertz CT molecular complexity index is 944. The van der Waals surface area contributed by atoms with Crippen LogP contribution in [0.25, 0.3) is 0 Å². The molecule has 1 fully saturated rings. The number of carbonyl (C=O) groups is 2. The van der Waals surface area contributed by atoms with E-state index in [1.54, 1.807) is 23.8 Å². The molecule has 1 aliphatic rings. The van der Waals surface area contributed by atoms with Crippen LogP contribution in [0.2, 0.25) is 0 Å². The minimum Gasteiger partial charge on any atom is -0.351 e. The molecular weight excluding hydrogens is 386 g/mol. The van der Waals surface area contributed by atoms with Gasteiger partial charge in [0.1, 0.15) is 6.04 Å². The molecule has 1 aromatic carbocycles. The Morgan fingerprint density at radius 3 is 2.55 bits per heavy atom. The second-order valence-electron chi connectivity index (χ2n) is 6.98. The molecule has 148 valence electrons. The van der Waals surface area contributed by atoms with Crippen LogP contribution >= 0.6 is 11.5 Å². The summed E-state index contributed by atoms with van der Waals surface area (Å²) < 4.78 is 3.81. The third-order valence-electron chi connectivity index (χ3n) is 5.04. The van der Waals surface area contributed by atoms with Gasteiger partial charge < -0.3 is 5.32 Å². The molecule has 2 heterocycles. The van der Waals surface area contributed by atoms with Gasteiger partial charge in [-0.3, -0.25) is 19.5 Å². The first-order chi connectivity index (χ1) is 14.2. The molecule has 29 heavy (non-hydrogen) atoms. The average Bonchev–Trinajstić information content (AvgIpc) is 3.47. The topological polar surface area (TPSA) is 88.1 Å². The third kappa shape index (κ3) is 4.32. The van der Waals surface area contributed by atoms with Crippen molar-refractivity contribution in [1.29, 1.82) is 0 Å². The van der Waals surface area contributed by atoms with E-state index in [9.17, 15) is 9.59 Å². The first-order valence-corrected chi connectivity index (χ1v) is 10.4. The molecule has 0 unspecified atom stereocenters. The van der Waals surface area contributed by atoms with Gasteiger partial charge in [-0.25, -0.2) is 0 Å². The van der Waals surface area contributed by atoms with Gasteiger partial charge in [-0.1, -0.05) is 41.6 Å². The lowest BCUT2D eigenvalue weighted by Crippen LogP contribution is -2.46. The Hall–Kier alpha value is -3.13. The second-order valence-corrected chi connectivity index (χ2v) is 7.59. The quantitative estimate of drug-likeness (QED) is 0.677. The van der Waals surface area contributed by atoms with Gasteiger partial charge in [0.15, 0.2) is 5.69 Å². The van der Waals surface area contributed by atoms with Gasteiger partial charge in [-0.15, -0.1) is 5.10 Å². The molecule has 0 aliphatic heterocycles. The van der Waals surface area contributed by atoms with Crippen LogP contribution in [-0.2, 0) is 4.79 Å². The lowest BCUT2D eigenvalue weighted by molar-refractivity contribution is -0.123. The summed E-state index contributed by atoms with van der Waals surface area (Å²) in [6.45, 7) is 0. The maximum absolute atomic E-state index is 13.4. The maximum atomic E-state index is 13.4. The Kier molecular flexibility index (Phi) is 5.90. The molecule has 1 atom stereocenters. The summed E-state index contributed by atoms with van der Waals surface area (Å²) in [6.07, 6.45) is 7.40. The number of anilines is 1. The molecule has 7 nitrogen and oxygen atoms in total. The second kappa shape index (κ2) is 8.91. The van der Waals surface area contributed by atoms with Crippen LogP contribution in [0.1, 0.15) is 47.8 Å². The van der Waals surface area contributed by atoms with Crippen molar-refractivity contribution in [3.05, 3.63) is 71.5 Å². The molecule has 8 heteroatoms. The molecule has 0 saturated heterocycles. The van der Waals surface area contributed by atoms with Crippen molar-refractivity contribution in [2.75, 3.05) is 4.90 Å². The van der Waals surface area contributed by atoms with Crippen LogP contribution in [0.4, 0.5) is 5.69 Å². The highest BCUT2D eigenvalue weighted by molar-refractivity contribution is 7.03. The summed E-state index contributed by atoms with van der Waals surface area (Å²) in [5.41, 5.74) is 1.46. The molecule has 2 aromatic heterocycles. The van der Waals surface area contributed by atoms with Gasteiger partial charge in [-0.2, -0.15) is 0 Å². The summed E-state index contributed by atoms with van der Waals surface area (Å²) in [7, 11) is 0. The highest BCUT2D eigenvalue weighted by atomic mass is 32.1. The predicted octanol–water partition coefficient (Wildman–Crippen LogP) is 3.38. The lowest BCUT2D eigenvalue weighted by Gasteiger charge is -2.31. The van der Waals surface area contributed by atoms with Crippen molar-refractivity contribution in [1.82, 2.24) is 19.9 Å². The van der Waals surface area contributed by atoms with E-state index in [1.807, 2.05) is 36.4 Å². The third-order valence-corrected chi connectivity index (χ3v) is 5.55. The minimum absolute atomic E-state index is 0.135. The van der Waals surface area contributed by atoms with Crippen LogP contribution in [0.15, 0.2) is 60.2 Å². The van der Waals surface area contributed by atoms with Gasteiger partial charge >= 0.3 is 0 Å². The van der Waals surface area contributed by atoms with E-state index >= 15 is 0 Å². The zero-order valence-electron chi connectivity index (χ0n) is 15.8. The summed E-state index contributed by atoms with van der Waals surface area (Å²) in [5.74, 6) is -0.592.